The van der Waals surface area contributed by atoms with E-state index in [4.69, 9.17) is 10.3 Å². The van der Waals surface area contributed by atoms with Crippen LogP contribution in [-0.4, -0.2) is 27.8 Å². The van der Waals surface area contributed by atoms with Crippen molar-refractivity contribution < 1.29 is 13.7 Å². The summed E-state index contributed by atoms with van der Waals surface area (Å²) in [6.07, 6.45) is 1.17. The van der Waals surface area contributed by atoms with E-state index < -0.39 is 11.9 Å². The minimum absolute atomic E-state index is 0.225. The van der Waals surface area contributed by atoms with E-state index in [0.717, 1.165) is 12.0 Å². The normalized spacial score (nSPS) is 16.3. The largest absolute Gasteiger partial charge is 0.368 e. The number of carbonyl (C=O) groups excluding carboxylic acids is 1. The van der Waals surface area contributed by atoms with Crippen molar-refractivity contribution >= 4 is 17.3 Å². The number of aromatic nitrogens is 2. The second-order valence-electron chi connectivity index (χ2n) is 6.46. The molecule has 0 saturated heterocycles. The number of rotatable bonds is 5. The Kier molecular flexibility index (Phi) is 4.60. The highest BCUT2D eigenvalue weighted by molar-refractivity contribution is 6.04. The molecule has 4 rings (SSSR count). The van der Waals surface area contributed by atoms with Gasteiger partial charge in [-0.2, -0.15) is 10.1 Å². The van der Waals surface area contributed by atoms with Crippen molar-refractivity contribution in [3.05, 3.63) is 65.8 Å². The van der Waals surface area contributed by atoms with Crippen LogP contribution in [0.2, 0.25) is 0 Å². The zero-order valence-electron chi connectivity index (χ0n) is 15.2. The molecule has 1 aromatic heterocycles. The molecule has 8 heteroatoms. The van der Waals surface area contributed by atoms with Gasteiger partial charge in [0.2, 0.25) is 11.7 Å². The van der Waals surface area contributed by atoms with Gasteiger partial charge in [0, 0.05) is 12.0 Å². The van der Waals surface area contributed by atoms with E-state index in [-0.39, 0.29) is 18.1 Å². The van der Waals surface area contributed by atoms with Crippen molar-refractivity contribution in [1.29, 1.82) is 0 Å². The van der Waals surface area contributed by atoms with Crippen LogP contribution in [0.25, 0.3) is 11.4 Å². The molecule has 0 fully saturated rings. The SMILES string of the molecule is CCc1ccc(-c2noc(C3=NN(c4ccc(F)cc4)[C@H](C(N)=O)C3)n2)cc1. The van der Waals surface area contributed by atoms with Gasteiger partial charge >= 0.3 is 0 Å². The van der Waals surface area contributed by atoms with E-state index in [1.54, 1.807) is 0 Å². The van der Waals surface area contributed by atoms with E-state index in [2.05, 4.69) is 22.2 Å². The molecule has 1 aliphatic rings. The topological polar surface area (TPSA) is 97.6 Å². The third kappa shape index (κ3) is 3.36. The van der Waals surface area contributed by atoms with Gasteiger partial charge in [0.25, 0.3) is 5.89 Å². The zero-order valence-corrected chi connectivity index (χ0v) is 15.2. The maximum Gasteiger partial charge on any atom is 0.274 e. The lowest BCUT2D eigenvalue weighted by Gasteiger charge is -2.20. The summed E-state index contributed by atoms with van der Waals surface area (Å²) in [4.78, 5) is 16.3. The summed E-state index contributed by atoms with van der Waals surface area (Å²) in [5.41, 5.74) is 8.57. The Morgan fingerprint density at radius 3 is 2.57 bits per heavy atom. The fraction of sp³-hybridized carbons (Fsp3) is 0.200. The summed E-state index contributed by atoms with van der Waals surface area (Å²) >= 11 is 0. The van der Waals surface area contributed by atoms with Crippen molar-refractivity contribution in [3.63, 3.8) is 0 Å². The summed E-state index contributed by atoms with van der Waals surface area (Å²) in [6.45, 7) is 2.09. The number of nitrogens with two attached hydrogens (primary N) is 1. The van der Waals surface area contributed by atoms with Crippen LogP contribution >= 0.6 is 0 Å². The molecule has 1 aliphatic heterocycles. The number of halogens is 1. The predicted molar refractivity (Wildman–Crippen MR) is 102 cm³/mol. The van der Waals surface area contributed by atoms with Gasteiger partial charge in [-0.25, -0.2) is 4.39 Å². The molecule has 142 valence electrons. The van der Waals surface area contributed by atoms with Gasteiger partial charge in [0.15, 0.2) is 0 Å². The van der Waals surface area contributed by atoms with Gasteiger partial charge in [0.05, 0.1) is 5.69 Å². The molecule has 0 aliphatic carbocycles. The van der Waals surface area contributed by atoms with Crippen LogP contribution in [0, 0.1) is 5.82 Å². The van der Waals surface area contributed by atoms with Gasteiger partial charge in [-0.1, -0.05) is 36.3 Å². The first-order chi connectivity index (χ1) is 13.5. The van der Waals surface area contributed by atoms with E-state index >= 15 is 0 Å². The van der Waals surface area contributed by atoms with Crippen LogP contribution in [0.5, 0.6) is 0 Å². The van der Waals surface area contributed by atoms with Crippen molar-refractivity contribution in [3.8, 4) is 11.4 Å². The summed E-state index contributed by atoms with van der Waals surface area (Å²) in [5, 5.41) is 9.90. The highest BCUT2D eigenvalue weighted by Gasteiger charge is 2.35. The van der Waals surface area contributed by atoms with Gasteiger partial charge in [0.1, 0.15) is 17.6 Å². The average molecular weight is 379 g/mol. The Hall–Kier alpha value is -3.55. The van der Waals surface area contributed by atoms with E-state index in [1.807, 2.05) is 24.3 Å². The van der Waals surface area contributed by atoms with Gasteiger partial charge in [-0.05, 0) is 36.2 Å². The molecule has 1 atom stereocenters. The van der Waals surface area contributed by atoms with Crippen molar-refractivity contribution in [2.75, 3.05) is 5.01 Å². The minimum Gasteiger partial charge on any atom is -0.368 e. The van der Waals surface area contributed by atoms with Crippen molar-refractivity contribution in [2.24, 2.45) is 10.8 Å². The number of nitrogens with zero attached hydrogens (tertiary/aromatic N) is 4. The molecule has 3 aromatic rings. The molecular formula is C20H18FN5O2. The van der Waals surface area contributed by atoms with Crippen LogP contribution in [0.1, 0.15) is 24.8 Å². The molecule has 7 nitrogen and oxygen atoms in total. The average Bonchev–Trinajstić information content (AvgIpc) is 3.36. The van der Waals surface area contributed by atoms with Crippen LogP contribution in [0.4, 0.5) is 10.1 Å². The summed E-state index contributed by atoms with van der Waals surface area (Å²) in [5.74, 6) is -0.252. The lowest BCUT2D eigenvalue weighted by Crippen LogP contribution is -2.39. The molecular weight excluding hydrogens is 361 g/mol. The molecule has 0 spiro atoms. The van der Waals surface area contributed by atoms with Crippen molar-refractivity contribution in [2.45, 2.75) is 25.8 Å². The lowest BCUT2D eigenvalue weighted by atomic mass is 10.1. The van der Waals surface area contributed by atoms with Gasteiger partial charge < -0.3 is 10.3 Å². The lowest BCUT2D eigenvalue weighted by molar-refractivity contribution is -0.119. The van der Waals surface area contributed by atoms with Gasteiger partial charge in [-0.3, -0.25) is 9.80 Å². The zero-order chi connectivity index (χ0) is 19.7. The third-order valence-corrected chi connectivity index (χ3v) is 4.62. The quantitative estimate of drug-likeness (QED) is 0.735. The Morgan fingerprint density at radius 2 is 1.93 bits per heavy atom. The third-order valence-electron chi connectivity index (χ3n) is 4.62. The molecule has 2 N–H and O–H groups in total. The first-order valence-electron chi connectivity index (χ1n) is 8.90. The molecule has 2 heterocycles. The second kappa shape index (κ2) is 7.22. The minimum atomic E-state index is -0.709. The number of carbonyl (C=O) groups is 1. The fourth-order valence-electron chi connectivity index (χ4n) is 3.04. The van der Waals surface area contributed by atoms with Crippen LogP contribution < -0.4 is 10.7 Å². The molecule has 1 amide bonds. The number of amides is 1. The maximum atomic E-state index is 13.2. The standard InChI is InChI=1S/C20H18FN5O2/c1-2-12-3-5-13(6-4-12)19-23-20(28-25-19)16-11-17(18(22)27)26(24-16)15-9-7-14(21)8-10-15/h3-10,17H,2,11H2,1H3,(H2,22,27)/t17-/m0/s1. The molecule has 0 bridgehead atoms. The molecule has 28 heavy (non-hydrogen) atoms. The van der Waals surface area contributed by atoms with Gasteiger partial charge in [-0.15, -0.1) is 0 Å². The number of benzene rings is 2. The maximum absolute atomic E-state index is 13.2. The van der Waals surface area contributed by atoms with Crippen LogP contribution in [-0.2, 0) is 11.2 Å². The number of aryl methyl sites for hydroxylation is 1. The highest BCUT2D eigenvalue weighted by atomic mass is 19.1. The first-order valence-corrected chi connectivity index (χ1v) is 8.90. The van der Waals surface area contributed by atoms with Crippen LogP contribution in [0.15, 0.2) is 58.2 Å². The van der Waals surface area contributed by atoms with E-state index in [1.165, 1.54) is 34.8 Å². The number of primary amides is 1. The number of hydrogen-bond donors (Lipinski definition) is 1. The molecule has 0 radical (unpaired) electrons. The monoisotopic (exact) mass is 379 g/mol. The first kappa shape index (κ1) is 17.8. The fourth-order valence-corrected chi connectivity index (χ4v) is 3.04. The Morgan fingerprint density at radius 1 is 1.21 bits per heavy atom. The Bertz CT molecular complexity index is 1030. The van der Waals surface area contributed by atoms with Crippen LogP contribution in [0.3, 0.4) is 0 Å². The second-order valence-corrected chi connectivity index (χ2v) is 6.46. The summed E-state index contributed by atoms with van der Waals surface area (Å²) in [7, 11) is 0. The number of anilines is 1. The van der Waals surface area contributed by atoms with Crippen molar-refractivity contribution in [1.82, 2.24) is 10.1 Å². The number of hydrogen-bond acceptors (Lipinski definition) is 6. The Labute approximate surface area is 160 Å². The van der Waals surface area contributed by atoms with E-state index in [9.17, 15) is 9.18 Å². The van der Waals surface area contributed by atoms with E-state index in [0.29, 0.717) is 17.2 Å². The summed E-state index contributed by atoms with van der Waals surface area (Å²) < 4.78 is 18.6. The smallest absolute Gasteiger partial charge is 0.274 e. The molecule has 0 saturated carbocycles. The predicted octanol–water partition coefficient (Wildman–Crippen LogP) is 2.91. The molecule has 2 aromatic carbocycles. The molecule has 0 unspecified atom stereocenters. The number of hydrazone groups is 1. The Balaban J connectivity index is 1.63. The highest BCUT2D eigenvalue weighted by Crippen LogP contribution is 2.27. The summed E-state index contributed by atoms with van der Waals surface area (Å²) in [6, 6.07) is 12.8.